The van der Waals surface area contributed by atoms with E-state index >= 15 is 0 Å². The lowest BCUT2D eigenvalue weighted by molar-refractivity contribution is 0.0173. The average Bonchev–Trinajstić information content (AvgIpc) is 2.31. The number of sulfonamides is 1. The maximum absolute atomic E-state index is 12.3. The van der Waals surface area contributed by atoms with Crippen molar-refractivity contribution < 1.29 is 13.2 Å². The van der Waals surface area contributed by atoms with Gasteiger partial charge in [-0.05, 0) is 53.9 Å². The van der Waals surface area contributed by atoms with Crippen molar-refractivity contribution in [1.29, 1.82) is 0 Å². The van der Waals surface area contributed by atoms with E-state index in [4.69, 9.17) is 10.5 Å². The Morgan fingerprint density at radius 2 is 2.21 bits per heavy atom. The minimum absolute atomic E-state index is 0.0748. The van der Waals surface area contributed by atoms with Crippen LogP contribution in [0.2, 0.25) is 0 Å². The van der Waals surface area contributed by atoms with Crippen LogP contribution in [0.5, 0.6) is 0 Å². The van der Waals surface area contributed by atoms with E-state index in [-0.39, 0.29) is 17.0 Å². The molecule has 1 aliphatic heterocycles. The highest BCUT2D eigenvalue weighted by Gasteiger charge is 2.26. The number of ether oxygens (including phenoxy) is 1. The Labute approximate surface area is 121 Å². The molecule has 0 spiro atoms. The van der Waals surface area contributed by atoms with Crippen LogP contribution in [0, 0.1) is 0 Å². The Morgan fingerprint density at radius 1 is 1.47 bits per heavy atom. The zero-order valence-electron chi connectivity index (χ0n) is 10.6. The fourth-order valence-electron chi connectivity index (χ4n) is 2.11. The van der Waals surface area contributed by atoms with Crippen molar-refractivity contribution in [3.05, 3.63) is 22.7 Å². The first-order valence-corrected chi connectivity index (χ1v) is 8.35. The number of halogens is 1. The Kier molecular flexibility index (Phi) is 4.50. The summed E-state index contributed by atoms with van der Waals surface area (Å²) in [6, 6.07) is 4.65. The van der Waals surface area contributed by atoms with Crippen LogP contribution in [0.3, 0.4) is 0 Å². The standard InChI is InChI=1S/C12H17BrN2O3S/c1-8-6-10(4-5-18-8)15-19(16,17)12-7-9(14)2-3-11(12)13/h2-3,7-8,10,15H,4-6,14H2,1H3. The lowest BCUT2D eigenvalue weighted by Crippen LogP contribution is -2.41. The summed E-state index contributed by atoms with van der Waals surface area (Å²) in [5.41, 5.74) is 6.07. The highest BCUT2D eigenvalue weighted by Crippen LogP contribution is 2.25. The Morgan fingerprint density at radius 3 is 2.89 bits per heavy atom. The van der Waals surface area contributed by atoms with Gasteiger partial charge in [-0.1, -0.05) is 0 Å². The zero-order chi connectivity index (χ0) is 14.0. The van der Waals surface area contributed by atoms with Crippen molar-refractivity contribution in [1.82, 2.24) is 4.72 Å². The highest BCUT2D eigenvalue weighted by molar-refractivity contribution is 9.10. The third-order valence-corrected chi connectivity index (χ3v) is 5.57. The molecule has 0 aliphatic carbocycles. The van der Waals surface area contributed by atoms with Gasteiger partial charge < -0.3 is 10.5 Å². The van der Waals surface area contributed by atoms with Gasteiger partial charge in [0.2, 0.25) is 10.0 Å². The molecule has 0 radical (unpaired) electrons. The van der Waals surface area contributed by atoms with Crippen molar-refractivity contribution >= 4 is 31.6 Å². The molecule has 2 unspecified atom stereocenters. The van der Waals surface area contributed by atoms with Crippen molar-refractivity contribution in [3.63, 3.8) is 0 Å². The van der Waals surface area contributed by atoms with E-state index < -0.39 is 10.0 Å². The van der Waals surface area contributed by atoms with Crippen LogP contribution in [0.15, 0.2) is 27.6 Å². The molecule has 1 aliphatic rings. The molecule has 0 bridgehead atoms. The first-order valence-electron chi connectivity index (χ1n) is 6.07. The molecule has 3 N–H and O–H groups in total. The van der Waals surface area contributed by atoms with Gasteiger partial charge in [-0.3, -0.25) is 0 Å². The van der Waals surface area contributed by atoms with Gasteiger partial charge in [0.1, 0.15) is 0 Å². The summed E-state index contributed by atoms with van der Waals surface area (Å²) in [7, 11) is -3.57. The second-order valence-electron chi connectivity index (χ2n) is 4.71. The molecule has 1 aromatic carbocycles. The number of nitrogens with one attached hydrogen (secondary N) is 1. The van der Waals surface area contributed by atoms with E-state index in [1.165, 1.54) is 6.07 Å². The van der Waals surface area contributed by atoms with E-state index in [9.17, 15) is 8.42 Å². The first kappa shape index (κ1) is 14.8. The number of hydrogen-bond donors (Lipinski definition) is 2. The molecule has 0 amide bonds. The lowest BCUT2D eigenvalue weighted by Gasteiger charge is -2.27. The highest BCUT2D eigenvalue weighted by atomic mass is 79.9. The summed E-state index contributed by atoms with van der Waals surface area (Å²) in [4.78, 5) is 0.173. The van der Waals surface area contributed by atoms with Crippen LogP contribution >= 0.6 is 15.9 Å². The zero-order valence-corrected chi connectivity index (χ0v) is 13.0. The number of nitrogen functional groups attached to an aromatic ring is 1. The fraction of sp³-hybridized carbons (Fsp3) is 0.500. The van der Waals surface area contributed by atoms with Crippen LogP contribution < -0.4 is 10.5 Å². The van der Waals surface area contributed by atoms with E-state index in [1.54, 1.807) is 12.1 Å². The van der Waals surface area contributed by atoms with Gasteiger partial charge in [0.25, 0.3) is 0 Å². The van der Waals surface area contributed by atoms with E-state index in [0.717, 1.165) is 0 Å². The van der Waals surface area contributed by atoms with Crippen LogP contribution in [0.1, 0.15) is 19.8 Å². The van der Waals surface area contributed by atoms with Crippen molar-refractivity contribution in [3.8, 4) is 0 Å². The maximum atomic E-state index is 12.3. The molecular weight excluding hydrogens is 332 g/mol. The molecule has 1 saturated heterocycles. The van der Waals surface area contributed by atoms with E-state index in [0.29, 0.717) is 29.6 Å². The number of benzene rings is 1. The molecule has 2 atom stereocenters. The number of nitrogens with two attached hydrogens (primary N) is 1. The SMILES string of the molecule is CC1CC(NS(=O)(=O)c2cc(N)ccc2Br)CCO1. The first-order chi connectivity index (χ1) is 8.88. The fourth-order valence-corrected chi connectivity index (χ4v) is 4.40. The second-order valence-corrected chi connectivity index (χ2v) is 7.25. The summed E-state index contributed by atoms with van der Waals surface area (Å²) < 4.78 is 33.3. The molecule has 19 heavy (non-hydrogen) atoms. The molecule has 1 heterocycles. The monoisotopic (exact) mass is 348 g/mol. The molecule has 7 heteroatoms. The molecule has 5 nitrogen and oxygen atoms in total. The Balaban J connectivity index is 2.20. The lowest BCUT2D eigenvalue weighted by atomic mass is 10.1. The third kappa shape index (κ3) is 3.68. The predicted octanol–water partition coefficient (Wildman–Crippen LogP) is 1.88. The van der Waals surface area contributed by atoms with Gasteiger partial charge in [0, 0.05) is 22.8 Å². The topological polar surface area (TPSA) is 81.4 Å². The van der Waals surface area contributed by atoms with Crippen LogP contribution in [-0.2, 0) is 14.8 Å². The summed E-state index contributed by atoms with van der Waals surface area (Å²) in [5, 5.41) is 0. The second kappa shape index (κ2) is 5.78. The van der Waals surface area contributed by atoms with Gasteiger partial charge in [-0.2, -0.15) is 0 Å². The van der Waals surface area contributed by atoms with Crippen molar-refractivity contribution in [2.24, 2.45) is 0 Å². The van der Waals surface area contributed by atoms with Crippen LogP contribution in [0.25, 0.3) is 0 Å². The molecule has 2 rings (SSSR count). The van der Waals surface area contributed by atoms with E-state index in [2.05, 4.69) is 20.7 Å². The minimum atomic E-state index is -3.57. The molecule has 1 aromatic rings. The number of rotatable bonds is 3. The molecule has 1 fully saturated rings. The Hall–Kier alpha value is -0.630. The molecule has 106 valence electrons. The maximum Gasteiger partial charge on any atom is 0.242 e. The molecule has 0 saturated carbocycles. The van der Waals surface area contributed by atoms with Gasteiger partial charge in [0.15, 0.2) is 0 Å². The van der Waals surface area contributed by atoms with Gasteiger partial charge in [-0.25, -0.2) is 13.1 Å². The summed E-state index contributed by atoms with van der Waals surface area (Å²) in [6.07, 6.45) is 1.44. The van der Waals surface area contributed by atoms with Gasteiger partial charge in [0.05, 0.1) is 11.0 Å². The smallest absolute Gasteiger partial charge is 0.242 e. The van der Waals surface area contributed by atoms with Crippen molar-refractivity contribution in [2.45, 2.75) is 36.8 Å². The third-order valence-electron chi connectivity index (χ3n) is 3.05. The van der Waals surface area contributed by atoms with Gasteiger partial charge in [-0.15, -0.1) is 0 Å². The normalized spacial score (nSPS) is 24.3. The summed E-state index contributed by atoms with van der Waals surface area (Å²) in [5.74, 6) is 0. The Bertz CT molecular complexity index is 562. The largest absolute Gasteiger partial charge is 0.399 e. The molecule has 0 aromatic heterocycles. The predicted molar refractivity (Wildman–Crippen MR) is 77.3 cm³/mol. The van der Waals surface area contributed by atoms with Crippen LogP contribution in [-0.4, -0.2) is 27.2 Å². The van der Waals surface area contributed by atoms with Crippen LogP contribution in [0.4, 0.5) is 5.69 Å². The number of anilines is 1. The number of hydrogen-bond acceptors (Lipinski definition) is 4. The average molecular weight is 349 g/mol. The quantitative estimate of drug-likeness (QED) is 0.817. The summed E-state index contributed by atoms with van der Waals surface area (Å²) >= 11 is 3.24. The van der Waals surface area contributed by atoms with Crippen molar-refractivity contribution in [2.75, 3.05) is 12.3 Å². The van der Waals surface area contributed by atoms with E-state index in [1.807, 2.05) is 6.92 Å². The minimum Gasteiger partial charge on any atom is -0.399 e. The van der Waals surface area contributed by atoms with Gasteiger partial charge >= 0.3 is 0 Å². The molecular formula is C12H17BrN2O3S. The summed E-state index contributed by atoms with van der Waals surface area (Å²) in [6.45, 7) is 2.52.